The van der Waals surface area contributed by atoms with Crippen molar-refractivity contribution in [3.8, 4) is 0 Å². The number of carboxylic acids is 1. The van der Waals surface area contributed by atoms with Gasteiger partial charge in [-0.15, -0.1) is 0 Å². The van der Waals surface area contributed by atoms with E-state index in [1.807, 2.05) is 0 Å². The van der Waals surface area contributed by atoms with Gasteiger partial charge in [-0.3, -0.25) is 14.4 Å². The van der Waals surface area contributed by atoms with E-state index in [1.54, 1.807) is 13.8 Å². The van der Waals surface area contributed by atoms with Crippen LogP contribution in [0.1, 0.15) is 117 Å². The third kappa shape index (κ3) is 18.9. The number of aliphatic carboxylic acids is 1. The summed E-state index contributed by atoms with van der Waals surface area (Å²) in [5.74, 6) is -2.24. The van der Waals surface area contributed by atoms with E-state index in [4.69, 9.17) is 0 Å². The minimum absolute atomic E-state index is 0.0309. The Balaban J connectivity index is 3.86. The van der Waals surface area contributed by atoms with E-state index in [1.165, 1.54) is 44.9 Å². The molecule has 0 aromatic rings. The van der Waals surface area contributed by atoms with E-state index in [2.05, 4.69) is 29.7 Å². The summed E-state index contributed by atoms with van der Waals surface area (Å²) in [6, 6.07) is 0. The standard InChI is InChI=1S/C29H54N2O6/c1-4-5-6-7-8-9-10-11-12-13-14-15-16-17-18-24(28(36)37)19-21-30-25(33)20-22-31-27(35)26(34)29(2,3)23-32/h11-12,24,26,32,34H,4-10,13-23H2,1-3H3,(H,30,33)(H,31,35)(H,36,37). The summed E-state index contributed by atoms with van der Waals surface area (Å²) in [5.41, 5.74) is -0.970. The van der Waals surface area contributed by atoms with Gasteiger partial charge in [0, 0.05) is 24.9 Å². The molecule has 2 amide bonds. The predicted octanol–water partition coefficient (Wildman–Crippen LogP) is 4.73. The molecule has 0 aliphatic heterocycles. The van der Waals surface area contributed by atoms with Gasteiger partial charge < -0.3 is 26.0 Å². The lowest BCUT2D eigenvalue weighted by atomic mass is 9.87. The van der Waals surface area contributed by atoms with Gasteiger partial charge >= 0.3 is 5.97 Å². The number of allylic oxidation sites excluding steroid dienone is 2. The second-order valence-electron chi connectivity index (χ2n) is 10.8. The Labute approximate surface area is 224 Å². The zero-order valence-electron chi connectivity index (χ0n) is 23.6. The average molecular weight is 527 g/mol. The third-order valence-electron chi connectivity index (χ3n) is 6.78. The minimum Gasteiger partial charge on any atom is -0.481 e. The van der Waals surface area contributed by atoms with Crippen molar-refractivity contribution in [3.05, 3.63) is 12.2 Å². The second-order valence-corrected chi connectivity index (χ2v) is 10.8. The SMILES string of the molecule is CCCCCCCCC=CCCCCCCC(CCNC(=O)CCNC(=O)C(O)C(C)(C)CO)C(=O)O. The normalized spacial score (nSPS) is 13.4. The molecule has 0 aliphatic rings. The van der Waals surface area contributed by atoms with Crippen molar-refractivity contribution < 1.29 is 29.7 Å². The lowest BCUT2D eigenvalue weighted by Gasteiger charge is -2.27. The van der Waals surface area contributed by atoms with Crippen LogP contribution in [0.2, 0.25) is 0 Å². The Morgan fingerprint density at radius 3 is 1.95 bits per heavy atom. The van der Waals surface area contributed by atoms with Crippen LogP contribution in [-0.4, -0.2) is 58.9 Å². The van der Waals surface area contributed by atoms with Gasteiger partial charge in [0.2, 0.25) is 11.8 Å². The van der Waals surface area contributed by atoms with Crippen molar-refractivity contribution in [2.24, 2.45) is 11.3 Å². The largest absolute Gasteiger partial charge is 0.481 e. The average Bonchev–Trinajstić information content (AvgIpc) is 2.86. The Hall–Kier alpha value is -1.93. The molecule has 0 radical (unpaired) electrons. The number of unbranched alkanes of at least 4 members (excludes halogenated alkanes) is 10. The van der Waals surface area contributed by atoms with Crippen molar-refractivity contribution >= 4 is 17.8 Å². The molecule has 37 heavy (non-hydrogen) atoms. The Kier molecular flexibility index (Phi) is 20.9. The van der Waals surface area contributed by atoms with Crippen molar-refractivity contribution in [1.29, 1.82) is 0 Å². The van der Waals surface area contributed by atoms with Gasteiger partial charge in [-0.2, -0.15) is 0 Å². The molecule has 2 unspecified atom stereocenters. The van der Waals surface area contributed by atoms with Crippen LogP contribution in [0.25, 0.3) is 0 Å². The van der Waals surface area contributed by atoms with Crippen molar-refractivity contribution in [1.82, 2.24) is 10.6 Å². The molecule has 0 aromatic carbocycles. The van der Waals surface area contributed by atoms with E-state index < -0.39 is 29.3 Å². The second kappa shape index (κ2) is 22.1. The highest BCUT2D eigenvalue weighted by Gasteiger charge is 2.32. The lowest BCUT2D eigenvalue weighted by molar-refractivity contribution is -0.142. The molecular weight excluding hydrogens is 472 g/mol. The number of hydrogen-bond donors (Lipinski definition) is 5. The summed E-state index contributed by atoms with van der Waals surface area (Å²) in [6.45, 7) is 5.36. The number of hydrogen-bond acceptors (Lipinski definition) is 5. The molecule has 0 spiro atoms. The highest BCUT2D eigenvalue weighted by Crippen LogP contribution is 2.19. The maximum atomic E-state index is 12.0. The van der Waals surface area contributed by atoms with E-state index in [-0.39, 0.29) is 32.0 Å². The molecule has 8 heteroatoms. The first kappa shape index (κ1) is 35.1. The molecule has 2 atom stereocenters. The third-order valence-corrected chi connectivity index (χ3v) is 6.78. The number of carbonyl (C=O) groups excluding carboxylic acids is 2. The molecule has 216 valence electrons. The first-order valence-corrected chi connectivity index (χ1v) is 14.4. The molecule has 0 aromatic heterocycles. The van der Waals surface area contributed by atoms with E-state index in [0.717, 1.165) is 32.1 Å². The number of rotatable bonds is 24. The van der Waals surface area contributed by atoms with Crippen LogP contribution in [0, 0.1) is 11.3 Å². The fourth-order valence-corrected chi connectivity index (χ4v) is 3.99. The predicted molar refractivity (Wildman–Crippen MR) is 148 cm³/mol. The molecule has 0 saturated heterocycles. The van der Waals surface area contributed by atoms with Crippen molar-refractivity contribution in [3.63, 3.8) is 0 Å². The van der Waals surface area contributed by atoms with Crippen LogP contribution in [0.5, 0.6) is 0 Å². The van der Waals surface area contributed by atoms with Crippen LogP contribution in [0.15, 0.2) is 12.2 Å². The zero-order chi connectivity index (χ0) is 27.9. The van der Waals surface area contributed by atoms with Gasteiger partial charge in [-0.05, 0) is 38.5 Å². The quantitative estimate of drug-likeness (QED) is 0.0911. The van der Waals surface area contributed by atoms with E-state index >= 15 is 0 Å². The van der Waals surface area contributed by atoms with Crippen LogP contribution in [0.4, 0.5) is 0 Å². The van der Waals surface area contributed by atoms with E-state index in [9.17, 15) is 29.7 Å². The number of carboxylic acid groups (broad SMARTS) is 1. The van der Waals surface area contributed by atoms with E-state index in [0.29, 0.717) is 12.8 Å². The maximum Gasteiger partial charge on any atom is 0.306 e. The fraction of sp³-hybridized carbons (Fsp3) is 0.828. The Morgan fingerprint density at radius 1 is 0.811 bits per heavy atom. The number of aliphatic hydroxyl groups is 2. The molecule has 0 saturated carbocycles. The summed E-state index contributed by atoms with van der Waals surface area (Å²) >= 11 is 0. The fourth-order valence-electron chi connectivity index (χ4n) is 3.99. The van der Waals surface area contributed by atoms with Crippen molar-refractivity contribution in [2.45, 2.75) is 123 Å². The molecule has 5 N–H and O–H groups in total. The number of amides is 2. The number of aliphatic hydroxyl groups excluding tert-OH is 2. The molecule has 0 aliphatic carbocycles. The number of nitrogens with one attached hydrogen (secondary N) is 2. The number of carbonyl (C=O) groups is 3. The van der Waals surface area contributed by atoms with Gasteiger partial charge in [0.25, 0.3) is 0 Å². The van der Waals surface area contributed by atoms with Crippen LogP contribution in [-0.2, 0) is 14.4 Å². The van der Waals surface area contributed by atoms with Gasteiger partial charge in [0.1, 0.15) is 6.10 Å². The zero-order valence-corrected chi connectivity index (χ0v) is 23.6. The molecular formula is C29H54N2O6. The smallest absolute Gasteiger partial charge is 0.306 e. The van der Waals surface area contributed by atoms with Gasteiger partial charge in [0.05, 0.1) is 12.5 Å². The summed E-state index contributed by atoms with van der Waals surface area (Å²) in [4.78, 5) is 35.4. The highest BCUT2D eigenvalue weighted by molar-refractivity contribution is 5.82. The van der Waals surface area contributed by atoms with Crippen LogP contribution >= 0.6 is 0 Å². The molecule has 0 rings (SSSR count). The van der Waals surface area contributed by atoms with Gasteiger partial charge in [-0.25, -0.2) is 0 Å². The Morgan fingerprint density at radius 2 is 1.38 bits per heavy atom. The molecule has 8 nitrogen and oxygen atoms in total. The monoisotopic (exact) mass is 526 g/mol. The molecule has 0 heterocycles. The van der Waals surface area contributed by atoms with Crippen LogP contribution in [0.3, 0.4) is 0 Å². The summed E-state index contributed by atoms with van der Waals surface area (Å²) < 4.78 is 0. The van der Waals surface area contributed by atoms with Crippen molar-refractivity contribution in [2.75, 3.05) is 19.7 Å². The summed E-state index contributed by atoms with van der Waals surface area (Å²) in [5, 5.41) is 33.8. The highest BCUT2D eigenvalue weighted by atomic mass is 16.4. The lowest BCUT2D eigenvalue weighted by Crippen LogP contribution is -2.46. The summed E-state index contributed by atoms with van der Waals surface area (Å²) in [7, 11) is 0. The topological polar surface area (TPSA) is 136 Å². The maximum absolute atomic E-state index is 12.0. The molecule has 0 fully saturated rings. The summed E-state index contributed by atoms with van der Waals surface area (Å²) in [6.07, 6.45) is 18.5. The first-order valence-electron chi connectivity index (χ1n) is 14.4. The van der Waals surface area contributed by atoms with Gasteiger partial charge in [0.15, 0.2) is 0 Å². The van der Waals surface area contributed by atoms with Crippen LogP contribution < -0.4 is 10.6 Å². The first-order chi connectivity index (χ1) is 17.7. The van der Waals surface area contributed by atoms with Gasteiger partial charge in [-0.1, -0.05) is 84.3 Å². The minimum atomic E-state index is -1.37. The molecule has 0 bridgehead atoms. The Bertz CT molecular complexity index is 650.